The topological polar surface area (TPSA) is 0 Å². The first-order valence-corrected chi connectivity index (χ1v) is 19.7. The maximum Gasteiger partial charge on any atom is 0.0355 e. The van der Waals surface area contributed by atoms with Crippen molar-refractivity contribution in [3.8, 4) is 33.4 Å². The molecule has 1 heterocycles. The van der Waals surface area contributed by atoms with Crippen LogP contribution in [0.25, 0.3) is 91.4 Å². The van der Waals surface area contributed by atoms with Crippen molar-refractivity contribution in [3.05, 3.63) is 174 Å². The van der Waals surface area contributed by atoms with Gasteiger partial charge in [-0.25, -0.2) is 0 Å². The van der Waals surface area contributed by atoms with E-state index < -0.39 is 0 Å². The number of rotatable bonds is 5. The number of thiophene rings is 1. The number of allylic oxidation sites excluding steroid dienone is 4. The Kier molecular flexibility index (Phi) is 7.32. The monoisotopic (exact) mass is 696 g/mol. The molecule has 0 radical (unpaired) electrons. The molecule has 0 amide bonds. The van der Waals surface area contributed by atoms with Crippen molar-refractivity contribution < 1.29 is 0 Å². The van der Waals surface area contributed by atoms with Crippen molar-refractivity contribution in [1.82, 2.24) is 0 Å². The van der Waals surface area contributed by atoms with Crippen molar-refractivity contribution in [2.75, 3.05) is 0 Å². The number of fused-ring (bicyclic) bond motifs is 7. The first kappa shape index (κ1) is 31.9. The molecule has 0 aliphatic heterocycles. The molecule has 0 saturated carbocycles. The first-order chi connectivity index (χ1) is 25.9. The van der Waals surface area contributed by atoms with Crippen LogP contribution in [0, 0.1) is 0 Å². The standard InChI is InChI=1S/C52H40S/c1-5-6-16-37-32(2)52(3,4)47-31-36(24-26-40(37)47)51-43-20-10-9-19-42(43)50(35-25-28-49-45(30-35)41-18-11-12-22-48(41)53-49)44-27-23-34(29-46(44)51)39-21-13-15-33-14-7-8-17-38(33)39/h6-31H,5H2,1-4H3/b16-6-. The zero-order valence-corrected chi connectivity index (χ0v) is 31.4. The SMILES string of the molecule is CC/C=C\C1=C(C)C(C)(C)c2cc(-c3c4ccccc4c(-c4ccc5sc6ccccc6c5c4)c4ccc(-c5cccc6ccccc56)cc34)ccc21. The highest BCUT2D eigenvalue weighted by Crippen LogP contribution is 2.51. The third kappa shape index (κ3) is 4.88. The lowest BCUT2D eigenvalue weighted by Gasteiger charge is -2.24. The highest BCUT2D eigenvalue weighted by atomic mass is 32.1. The summed E-state index contributed by atoms with van der Waals surface area (Å²) in [7, 11) is 0. The van der Waals surface area contributed by atoms with E-state index in [9.17, 15) is 0 Å². The molecule has 0 bridgehead atoms. The van der Waals surface area contributed by atoms with E-state index in [0.717, 1.165) is 6.42 Å². The molecule has 8 aromatic carbocycles. The molecule has 0 unspecified atom stereocenters. The third-order valence-corrected chi connectivity index (χ3v) is 13.1. The average molecular weight is 697 g/mol. The molecular formula is C52H40S. The van der Waals surface area contributed by atoms with E-state index in [2.05, 4.69) is 185 Å². The van der Waals surface area contributed by atoms with E-state index in [1.807, 2.05) is 11.3 Å². The van der Waals surface area contributed by atoms with Gasteiger partial charge in [0, 0.05) is 25.6 Å². The van der Waals surface area contributed by atoms with Gasteiger partial charge in [-0.15, -0.1) is 11.3 Å². The lowest BCUT2D eigenvalue weighted by atomic mass is 9.79. The molecular weight excluding hydrogens is 657 g/mol. The molecule has 1 aliphatic carbocycles. The summed E-state index contributed by atoms with van der Waals surface area (Å²) in [6.45, 7) is 9.31. The second-order valence-electron chi connectivity index (χ2n) is 15.1. The number of hydrogen-bond acceptors (Lipinski definition) is 1. The van der Waals surface area contributed by atoms with Gasteiger partial charge in [0.1, 0.15) is 0 Å². The highest BCUT2D eigenvalue weighted by Gasteiger charge is 2.35. The van der Waals surface area contributed by atoms with Gasteiger partial charge in [-0.2, -0.15) is 0 Å². The van der Waals surface area contributed by atoms with Crippen LogP contribution >= 0.6 is 11.3 Å². The Morgan fingerprint density at radius 2 is 1.11 bits per heavy atom. The first-order valence-electron chi connectivity index (χ1n) is 18.8. The van der Waals surface area contributed by atoms with Gasteiger partial charge < -0.3 is 0 Å². The van der Waals surface area contributed by atoms with Crippen molar-refractivity contribution in [3.63, 3.8) is 0 Å². The second kappa shape index (κ2) is 12.2. The number of hydrogen-bond donors (Lipinski definition) is 0. The van der Waals surface area contributed by atoms with Crippen LogP contribution in [0.1, 0.15) is 45.2 Å². The molecule has 9 aromatic rings. The van der Waals surface area contributed by atoms with Crippen molar-refractivity contribution in [1.29, 1.82) is 0 Å². The molecule has 0 spiro atoms. The molecule has 0 fully saturated rings. The van der Waals surface area contributed by atoms with Gasteiger partial charge in [0.2, 0.25) is 0 Å². The molecule has 53 heavy (non-hydrogen) atoms. The minimum Gasteiger partial charge on any atom is -0.135 e. The van der Waals surface area contributed by atoms with E-state index in [1.165, 1.54) is 108 Å². The van der Waals surface area contributed by atoms with Crippen molar-refractivity contribution in [2.45, 2.75) is 39.5 Å². The Labute approximate surface area is 315 Å². The average Bonchev–Trinajstić information content (AvgIpc) is 3.66. The number of benzene rings is 8. The zero-order valence-electron chi connectivity index (χ0n) is 30.6. The Morgan fingerprint density at radius 1 is 0.509 bits per heavy atom. The molecule has 0 nitrogen and oxygen atoms in total. The van der Waals surface area contributed by atoms with Gasteiger partial charge in [-0.1, -0.05) is 154 Å². The molecule has 0 N–H and O–H groups in total. The lowest BCUT2D eigenvalue weighted by molar-refractivity contribution is 0.639. The highest BCUT2D eigenvalue weighted by molar-refractivity contribution is 7.25. The van der Waals surface area contributed by atoms with Crippen molar-refractivity contribution in [2.24, 2.45) is 0 Å². The quantitative estimate of drug-likeness (QED) is 0.157. The molecule has 10 rings (SSSR count). The van der Waals surface area contributed by atoms with Crippen LogP contribution < -0.4 is 0 Å². The fourth-order valence-corrected chi connectivity index (χ4v) is 10.1. The summed E-state index contributed by atoms with van der Waals surface area (Å²) in [6.07, 6.45) is 5.67. The van der Waals surface area contributed by atoms with E-state index >= 15 is 0 Å². The van der Waals surface area contributed by atoms with Crippen LogP contribution in [0.4, 0.5) is 0 Å². The van der Waals surface area contributed by atoms with E-state index in [4.69, 9.17) is 0 Å². The second-order valence-corrected chi connectivity index (χ2v) is 16.2. The molecule has 0 saturated heterocycles. The van der Waals surface area contributed by atoms with Crippen LogP contribution in [-0.2, 0) is 5.41 Å². The maximum absolute atomic E-state index is 2.50. The predicted octanol–water partition coefficient (Wildman–Crippen LogP) is 15.5. The Bertz CT molecular complexity index is 3010. The largest absolute Gasteiger partial charge is 0.135 e. The van der Waals surface area contributed by atoms with Gasteiger partial charge in [0.05, 0.1) is 0 Å². The Hall–Kier alpha value is -5.76. The molecule has 1 heteroatoms. The molecule has 0 atom stereocenters. The summed E-state index contributed by atoms with van der Waals surface area (Å²) in [5, 5.41) is 10.3. The zero-order chi connectivity index (χ0) is 35.8. The summed E-state index contributed by atoms with van der Waals surface area (Å²) in [5.41, 5.74) is 13.2. The summed E-state index contributed by atoms with van der Waals surface area (Å²) >= 11 is 1.88. The van der Waals surface area contributed by atoms with Crippen LogP contribution in [0.2, 0.25) is 0 Å². The molecule has 1 aromatic heterocycles. The fourth-order valence-electron chi connectivity index (χ4n) is 8.97. The Morgan fingerprint density at radius 3 is 1.92 bits per heavy atom. The maximum atomic E-state index is 2.50. The molecule has 1 aliphatic rings. The van der Waals surface area contributed by atoms with Gasteiger partial charge in [0.15, 0.2) is 0 Å². The third-order valence-electron chi connectivity index (χ3n) is 11.9. The summed E-state index contributed by atoms with van der Waals surface area (Å²) < 4.78 is 2.67. The predicted molar refractivity (Wildman–Crippen MR) is 233 cm³/mol. The van der Waals surface area contributed by atoms with Crippen LogP contribution in [0.3, 0.4) is 0 Å². The van der Waals surface area contributed by atoms with Crippen LogP contribution in [0.15, 0.2) is 163 Å². The molecule has 254 valence electrons. The smallest absolute Gasteiger partial charge is 0.0355 e. The fraction of sp³-hybridized carbons (Fsp3) is 0.115. The van der Waals surface area contributed by atoms with Crippen molar-refractivity contribution >= 4 is 69.4 Å². The summed E-state index contributed by atoms with van der Waals surface area (Å²) in [6, 6.07) is 54.9. The van der Waals surface area contributed by atoms with Gasteiger partial charge in [-0.05, 0) is 126 Å². The van der Waals surface area contributed by atoms with Crippen LogP contribution in [0.5, 0.6) is 0 Å². The minimum atomic E-state index is -0.0584. The summed E-state index contributed by atoms with van der Waals surface area (Å²) in [5.74, 6) is 0. The normalized spacial score (nSPS) is 14.1. The Balaban J connectivity index is 1.30. The van der Waals surface area contributed by atoms with Gasteiger partial charge in [0.25, 0.3) is 0 Å². The van der Waals surface area contributed by atoms with Gasteiger partial charge in [-0.3, -0.25) is 0 Å². The van der Waals surface area contributed by atoms with Gasteiger partial charge >= 0.3 is 0 Å². The van der Waals surface area contributed by atoms with E-state index in [-0.39, 0.29) is 5.41 Å². The van der Waals surface area contributed by atoms with E-state index in [0.29, 0.717) is 0 Å². The van der Waals surface area contributed by atoms with Crippen LogP contribution in [-0.4, -0.2) is 0 Å². The summed E-state index contributed by atoms with van der Waals surface area (Å²) in [4.78, 5) is 0. The minimum absolute atomic E-state index is 0.0584. The lowest BCUT2D eigenvalue weighted by Crippen LogP contribution is -2.15. The van der Waals surface area contributed by atoms with E-state index in [1.54, 1.807) is 0 Å².